The van der Waals surface area contributed by atoms with Crippen LogP contribution in [0, 0.1) is 11.3 Å². The lowest BCUT2D eigenvalue weighted by Crippen LogP contribution is -2.25. The standard InChI is InChI=1S/C16H20N2/c1-18-16(12-17)11-13-7-9-15(10-8-13)14-5-3-2-4-6-14/h5,7-10,16,18H,2-4,6,11H2,1H3. The molecular formula is C16H20N2. The van der Waals surface area contributed by atoms with E-state index in [-0.39, 0.29) is 6.04 Å². The predicted octanol–water partition coefficient (Wildman–Crippen LogP) is 3.30. The summed E-state index contributed by atoms with van der Waals surface area (Å²) < 4.78 is 0. The molecule has 1 aliphatic carbocycles. The quantitative estimate of drug-likeness (QED) is 0.876. The number of rotatable bonds is 4. The minimum atomic E-state index is -0.0928. The summed E-state index contributed by atoms with van der Waals surface area (Å²) in [4.78, 5) is 0. The molecule has 0 radical (unpaired) electrons. The average Bonchev–Trinajstić information content (AvgIpc) is 2.46. The fourth-order valence-corrected chi connectivity index (χ4v) is 2.40. The zero-order valence-electron chi connectivity index (χ0n) is 10.9. The second-order valence-corrected chi connectivity index (χ2v) is 4.85. The third-order valence-corrected chi connectivity index (χ3v) is 3.56. The van der Waals surface area contributed by atoms with Crippen LogP contribution in [0.5, 0.6) is 0 Å². The summed E-state index contributed by atoms with van der Waals surface area (Å²) in [6.07, 6.45) is 8.19. The Kier molecular flexibility index (Phi) is 4.55. The highest BCUT2D eigenvalue weighted by Gasteiger charge is 2.08. The van der Waals surface area contributed by atoms with Gasteiger partial charge < -0.3 is 5.32 Å². The molecule has 1 N–H and O–H groups in total. The molecule has 0 spiro atoms. The summed E-state index contributed by atoms with van der Waals surface area (Å²) in [5.41, 5.74) is 4.05. The Labute approximate surface area is 109 Å². The van der Waals surface area contributed by atoms with Gasteiger partial charge in [0, 0.05) is 6.42 Å². The van der Waals surface area contributed by atoms with Gasteiger partial charge in [-0.1, -0.05) is 30.3 Å². The molecule has 2 heteroatoms. The summed E-state index contributed by atoms with van der Waals surface area (Å²) in [6, 6.07) is 10.8. The van der Waals surface area contributed by atoms with Gasteiger partial charge in [0.05, 0.1) is 12.1 Å². The lowest BCUT2D eigenvalue weighted by Gasteiger charge is -2.14. The summed E-state index contributed by atoms with van der Waals surface area (Å²) in [5, 5.41) is 11.9. The largest absolute Gasteiger partial charge is 0.305 e. The number of nitrogens with zero attached hydrogens (tertiary/aromatic N) is 1. The van der Waals surface area contributed by atoms with E-state index in [4.69, 9.17) is 5.26 Å². The lowest BCUT2D eigenvalue weighted by molar-refractivity contribution is 0.675. The van der Waals surface area contributed by atoms with Crippen molar-refractivity contribution >= 4 is 5.57 Å². The van der Waals surface area contributed by atoms with Crippen molar-refractivity contribution in [3.63, 3.8) is 0 Å². The zero-order valence-corrected chi connectivity index (χ0v) is 10.9. The normalized spacial score (nSPS) is 16.8. The Hall–Kier alpha value is -1.59. The zero-order chi connectivity index (χ0) is 12.8. The Morgan fingerprint density at radius 2 is 2.06 bits per heavy atom. The Bertz CT molecular complexity index is 451. The minimum Gasteiger partial charge on any atom is -0.305 e. The molecule has 0 aliphatic heterocycles. The minimum absolute atomic E-state index is 0.0928. The molecule has 1 aromatic rings. The van der Waals surface area contributed by atoms with Crippen LogP contribution in [-0.2, 0) is 6.42 Å². The molecule has 2 rings (SSSR count). The third kappa shape index (κ3) is 3.21. The van der Waals surface area contributed by atoms with Gasteiger partial charge in [-0.15, -0.1) is 0 Å². The summed E-state index contributed by atoms with van der Waals surface area (Å²) in [7, 11) is 1.83. The van der Waals surface area contributed by atoms with E-state index < -0.39 is 0 Å². The van der Waals surface area contributed by atoms with Gasteiger partial charge in [-0.05, 0) is 49.4 Å². The van der Waals surface area contributed by atoms with Crippen molar-refractivity contribution in [3.05, 3.63) is 41.5 Å². The van der Waals surface area contributed by atoms with E-state index in [0.29, 0.717) is 0 Å². The van der Waals surface area contributed by atoms with Crippen LogP contribution in [0.15, 0.2) is 30.3 Å². The number of allylic oxidation sites excluding steroid dienone is 2. The molecule has 0 aromatic heterocycles. The van der Waals surface area contributed by atoms with E-state index >= 15 is 0 Å². The number of nitrogens with one attached hydrogen (secondary N) is 1. The molecule has 0 saturated carbocycles. The molecule has 18 heavy (non-hydrogen) atoms. The number of likely N-dealkylation sites (N-methyl/N-ethyl adjacent to an activating group) is 1. The molecule has 0 fully saturated rings. The van der Waals surface area contributed by atoms with Crippen molar-refractivity contribution < 1.29 is 0 Å². The number of benzene rings is 1. The number of hydrogen-bond donors (Lipinski definition) is 1. The van der Waals surface area contributed by atoms with Crippen LogP contribution >= 0.6 is 0 Å². The molecule has 94 valence electrons. The molecule has 0 bridgehead atoms. The van der Waals surface area contributed by atoms with Gasteiger partial charge in [0.2, 0.25) is 0 Å². The second kappa shape index (κ2) is 6.37. The smallest absolute Gasteiger partial charge is 0.0991 e. The lowest BCUT2D eigenvalue weighted by atomic mass is 9.93. The van der Waals surface area contributed by atoms with Crippen LogP contribution in [0.1, 0.15) is 36.8 Å². The first kappa shape index (κ1) is 12.9. The first-order chi connectivity index (χ1) is 8.83. The summed E-state index contributed by atoms with van der Waals surface area (Å²) in [5.74, 6) is 0. The van der Waals surface area contributed by atoms with Gasteiger partial charge in [-0.25, -0.2) is 0 Å². The van der Waals surface area contributed by atoms with Gasteiger partial charge in [-0.3, -0.25) is 0 Å². The van der Waals surface area contributed by atoms with Crippen LogP contribution in [0.4, 0.5) is 0 Å². The highest BCUT2D eigenvalue weighted by molar-refractivity contribution is 5.66. The number of hydrogen-bond acceptors (Lipinski definition) is 2. The summed E-state index contributed by atoms with van der Waals surface area (Å²) >= 11 is 0. The van der Waals surface area contributed by atoms with E-state index in [1.165, 1.54) is 42.4 Å². The maximum atomic E-state index is 8.92. The van der Waals surface area contributed by atoms with E-state index in [0.717, 1.165) is 6.42 Å². The molecular weight excluding hydrogens is 220 g/mol. The second-order valence-electron chi connectivity index (χ2n) is 4.85. The van der Waals surface area contributed by atoms with Crippen LogP contribution in [0.25, 0.3) is 5.57 Å². The predicted molar refractivity (Wildman–Crippen MR) is 75.1 cm³/mol. The SMILES string of the molecule is CNC(C#N)Cc1ccc(C2=CCCCC2)cc1. The molecule has 0 saturated heterocycles. The van der Waals surface area contributed by atoms with E-state index in [1.807, 2.05) is 7.05 Å². The van der Waals surface area contributed by atoms with Gasteiger partial charge in [0.25, 0.3) is 0 Å². The first-order valence-corrected chi connectivity index (χ1v) is 6.68. The topological polar surface area (TPSA) is 35.8 Å². The molecule has 2 nitrogen and oxygen atoms in total. The van der Waals surface area contributed by atoms with E-state index in [1.54, 1.807) is 0 Å². The maximum Gasteiger partial charge on any atom is 0.0991 e. The summed E-state index contributed by atoms with van der Waals surface area (Å²) in [6.45, 7) is 0. The highest BCUT2D eigenvalue weighted by atomic mass is 14.9. The van der Waals surface area contributed by atoms with E-state index in [9.17, 15) is 0 Å². The maximum absolute atomic E-state index is 8.92. The first-order valence-electron chi connectivity index (χ1n) is 6.68. The molecule has 1 atom stereocenters. The Balaban J connectivity index is 2.06. The molecule has 1 aromatic carbocycles. The fourth-order valence-electron chi connectivity index (χ4n) is 2.40. The van der Waals surface area contributed by atoms with E-state index in [2.05, 4.69) is 41.7 Å². The average molecular weight is 240 g/mol. The van der Waals surface area contributed by atoms with Crippen LogP contribution in [0.2, 0.25) is 0 Å². The van der Waals surface area contributed by atoms with Crippen molar-refractivity contribution in [2.75, 3.05) is 7.05 Å². The van der Waals surface area contributed by atoms with Crippen molar-refractivity contribution in [2.24, 2.45) is 0 Å². The molecule has 0 heterocycles. The molecule has 0 amide bonds. The Morgan fingerprint density at radius 1 is 1.28 bits per heavy atom. The van der Waals surface area contributed by atoms with Gasteiger partial charge in [-0.2, -0.15) is 5.26 Å². The van der Waals surface area contributed by atoms with Gasteiger partial charge >= 0.3 is 0 Å². The van der Waals surface area contributed by atoms with Crippen LogP contribution in [0.3, 0.4) is 0 Å². The van der Waals surface area contributed by atoms with Crippen LogP contribution in [-0.4, -0.2) is 13.1 Å². The number of nitriles is 1. The molecule has 1 unspecified atom stereocenters. The molecule has 1 aliphatic rings. The van der Waals surface area contributed by atoms with Crippen molar-refractivity contribution in [1.29, 1.82) is 5.26 Å². The third-order valence-electron chi connectivity index (χ3n) is 3.56. The highest BCUT2D eigenvalue weighted by Crippen LogP contribution is 2.26. The van der Waals surface area contributed by atoms with Gasteiger partial charge in [0.1, 0.15) is 0 Å². The fraction of sp³-hybridized carbons (Fsp3) is 0.438. The van der Waals surface area contributed by atoms with Crippen LogP contribution < -0.4 is 5.32 Å². The Morgan fingerprint density at radius 3 is 2.61 bits per heavy atom. The van der Waals surface area contributed by atoms with Gasteiger partial charge in [0.15, 0.2) is 0 Å². The monoisotopic (exact) mass is 240 g/mol. The van der Waals surface area contributed by atoms with Crippen molar-refractivity contribution in [1.82, 2.24) is 5.32 Å². The van der Waals surface area contributed by atoms with Crippen molar-refractivity contribution in [2.45, 2.75) is 38.1 Å². The van der Waals surface area contributed by atoms with Crippen molar-refractivity contribution in [3.8, 4) is 6.07 Å².